The van der Waals surface area contributed by atoms with Crippen molar-refractivity contribution in [2.75, 3.05) is 33.5 Å². The van der Waals surface area contributed by atoms with Crippen LogP contribution in [0.5, 0.6) is 5.75 Å². The second-order valence-electron chi connectivity index (χ2n) is 6.24. The number of esters is 1. The predicted molar refractivity (Wildman–Crippen MR) is 96.9 cm³/mol. The van der Waals surface area contributed by atoms with Gasteiger partial charge in [0, 0.05) is 26.1 Å². The Kier molecular flexibility index (Phi) is 10.9. The lowest BCUT2D eigenvalue weighted by molar-refractivity contribution is -0.145. The summed E-state index contributed by atoms with van der Waals surface area (Å²) in [6.45, 7) is 5.56. The third-order valence-corrected chi connectivity index (χ3v) is 3.52. The van der Waals surface area contributed by atoms with E-state index in [4.69, 9.17) is 14.2 Å². The van der Waals surface area contributed by atoms with Gasteiger partial charge in [0.15, 0.2) is 0 Å². The number of ether oxygens (including phenoxy) is 3. The van der Waals surface area contributed by atoms with Crippen LogP contribution in [0.2, 0.25) is 0 Å². The molecule has 1 aromatic rings. The van der Waals surface area contributed by atoms with Crippen LogP contribution in [0.3, 0.4) is 0 Å². The third-order valence-electron chi connectivity index (χ3n) is 3.52. The van der Waals surface area contributed by atoms with Gasteiger partial charge in [0.2, 0.25) is 0 Å². The van der Waals surface area contributed by atoms with Gasteiger partial charge in [-0.15, -0.1) is 0 Å². The van der Waals surface area contributed by atoms with Gasteiger partial charge in [0.25, 0.3) is 0 Å². The van der Waals surface area contributed by atoms with E-state index in [2.05, 4.69) is 5.32 Å². The Morgan fingerprint density at radius 3 is 2.56 bits per heavy atom. The van der Waals surface area contributed by atoms with E-state index < -0.39 is 6.10 Å². The lowest BCUT2D eigenvalue weighted by atomic mass is 10.1. The molecule has 1 rings (SSSR count). The molecule has 2 N–H and O–H groups in total. The average molecular weight is 353 g/mol. The molecule has 0 bridgehead atoms. The quantitative estimate of drug-likeness (QED) is 0.417. The number of rotatable bonds is 13. The van der Waals surface area contributed by atoms with Crippen LogP contribution in [0.25, 0.3) is 0 Å². The Labute approximate surface area is 150 Å². The Bertz CT molecular complexity index is 475. The van der Waals surface area contributed by atoms with Gasteiger partial charge in [0.1, 0.15) is 25.1 Å². The maximum absolute atomic E-state index is 11.5. The largest absolute Gasteiger partial charge is 0.491 e. The first-order valence-electron chi connectivity index (χ1n) is 8.79. The molecule has 0 aliphatic carbocycles. The number of aryl methyl sites for hydroxylation is 1. The Morgan fingerprint density at radius 1 is 1.20 bits per heavy atom. The van der Waals surface area contributed by atoms with Crippen molar-refractivity contribution in [1.82, 2.24) is 5.32 Å². The van der Waals surface area contributed by atoms with Crippen LogP contribution in [-0.4, -0.2) is 56.7 Å². The molecule has 0 saturated carbocycles. The van der Waals surface area contributed by atoms with Crippen LogP contribution in [0.1, 0.15) is 32.3 Å². The van der Waals surface area contributed by atoms with Gasteiger partial charge in [-0.3, -0.25) is 4.79 Å². The fourth-order valence-electron chi connectivity index (χ4n) is 2.12. The van der Waals surface area contributed by atoms with Crippen LogP contribution in [-0.2, 0) is 20.7 Å². The molecule has 25 heavy (non-hydrogen) atoms. The molecule has 0 aliphatic heterocycles. The summed E-state index contributed by atoms with van der Waals surface area (Å²) in [4.78, 5) is 11.5. The summed E-state index contributed by atoms with van der Waals surface area (Å²) in [7, 11) is 1.57. The predicted octanol–water partition coefficient (Wildman–Crippen LogP) is 1.94. The average Bonchev–Trinajstić information content (AvgIpc) is 2.59. The van der Waals surface area contributed by atoms with E-state index >= 15 is 0 Å². The minimum Gasteiger partial charge on any atom is -0.491 e. The van der Waals surface area contributed by atoms with Crippen molar-refractivity contribution in [3.8, 4) is 5.75 Å². The van der Waals surface area contributed by atoms with E-state index in [1.807, 2.05) is 38.1 Å². The number of aliphatic hydroxyl groups is 1. The lowest BCUT2D eigenvalue weighted by Gasteiger charge is -2.15. The van der Waals surface area contributed by atoms with Crippen molar-refractivity contribution < 1.29 is 24.1 Å². The lowest BCUT2D eigenvalue weighted by Crippen LogP contribution is -2.35. The number of benzene rings is 1. The van der Waals surface area contributed by atoms with Crippen molar-refractivity contribution in [1.29, 1.82) is 0 Å². The van der Waals surface area contributed by atoms with Crippen LogP contribution in [0, 0.1) is 0 Å². The summed E-state index contributed by atoms with van der Waals surface area (Å²) in [5, 5.41) is 13.0. The molecule has 0 amide bonds. The molecule has 0 fully saturated rings. The highest BCUT2D eigenvalue weighted by atomic mass is 16.6. The highest BCUT2D eigenvalue weighted by Gasteiger charge is 2.06. The molecule has 1 unspecified atom stereocenters. The van der Waals surface area contributed by atoms with Gasteiger partial charge in [-0.05, 0) is 30.5 Å². The summed E-state index contributed by atoms with van der Waals surface area (Å²) in [6.07, 6.45) is 1.41. The summed E-state index contributed by atoms with van der Waals surface area (Å²) in [5.74, 6) is 0.535. The highest BCUT2D eigenvalue weighted by Crippen LogP contribution is 2.14. The number of methoxy groups -OCH3 is 1. The summed E-state index contributed by atoms with van der Waals surface area (Å²) in [5.41, 5.74) is 1.14. The van der Waals surface area contributed by atoms with E-state index in [1.165, 1.54) is 0 Å². The molecular formula is C19H31NO5. The molecule has 6 heteroatoms. The van der Waals surface area contributed by atoms with Crippen molar-refractivity contribution >= 4 is 5.97 Å². The Morgan fingerprint density at radius 2 is 1.92 bits per heavy atom. The van der Waals surface area contributed by atoms with Gasteiger partial charge in [-0.2, -0.15) is 0 Å². The molecule has 0 spiro atoms. The monoisotopic (exact) mass is 353 g/mol. The minimum absolute atomic E-state index is 0.194. The van der Waals surface area contributed by atoms with Crippen molar-refractivity contribution in [3.63, 3.8) is 0 Å². The van der Waals surface area contributed by atoms with Gasteiger partial charge in [-0.25, -0.2) is 0 Å². The molecule has 1 aromatic carbocycles. The SMILES string of the molecule is COCCOC(=O)CCCc1ccc(OCC(O)CNC(C)C)cc1. The topological polar surface area (TPSA) is 77.0 Å². The molecule has 6 nitrogen and oxygen atoms in total. The number of hydrogen-bond donors (Lipinski definition) is 2. The fraction of sp³-hybridized carbons (Fsp3) is 0.632. The second-order valence-corrected chi connectivity index (χ2v) is 6.24. The standard InChI is InChI=1S/C19H31NO5/c1-15(2)20-13-17(21)14-25-18-9-7-16(8-10-18)5-4-6-19(22)24-12-11-23-3/h7-10,15,17,20-21H,4-6,11-14H2,1-3H3. The minimum atomic E-state index is -0.536. The smallest absolute Gasteiger partial charge is 0.305 e. The zero-order valence-electron chi connectivity index (χ0n) is 15.5. The van der Waals surface area contributed by atoms with Gasteiger partial charge >= 0.3 is 5.97 Å². The molecule has 0 radical (unpaired) electrons. The van der Waals surface area contributed by atoms with E-state index in [0.717, 1.165) is 24.2 Å². The van der Waals surface area contributed by atoms with Crippen LogP contribution in [0.15, 0.2) is 24.3 Å². The zero-order chi connectivity index (χ0) is 18.5. The van der Waals surface area contributed by atoms with E-state index in [0.29, 0.717) is 32.2 Å². The molecule has 0 aromatic heterocycles. The first kappa shape index (κ1) is 21.4. The molecule has 0 saturated heterocycles. The number of hydrogen-bond acceptors (Lipinski definition) is 6. The molecular weight excluding hydrogens is 322 g/mol. The molecule has 0 aliphatic rings. The number of aliphatic hydroxyl groups excluding tert-OH is 1. The molecule has 0 heterocycles. The van der Waals surface area contributed by atoms with Crippen molar-refractivity contribution in [2.24, 2.45) is 0 Å². The molecule has 1 atom stereocenters. The maximum atomic E-state index is 11.5. The Balaban J connectivity index is 2.21. The summed E-state index contributed by atoms with van der Waals surface area (Å²) < 4.78 is 15.4. The third kappa shape index (κ3) is 10.8. The second kappa shape index (κ2) is 12.7. The van der Waals surface area contributed by atoms with Crippen LogP contribution >= 0.6 is 0 Å². The zero-order valence-corrected chi connectivity index (χ0v) is 15.5. The molecule has 142 valence electrons. The maximum Gasteiger partial charge on any atom is 0.305 e. The summed E-state index contributed by atoms with van der Waals surface area (Å²) in [6, 6.07) is 8.06. The van der Waals surface area contributed by atoms with E-state index in [1.54, 1.807) is 7.11 Å². The van der Waals surface area contributed by atoms with Gasteiger partial charge in [-0.1, -0.05) is 26.0 Å². The first-order valence-corrected chi connectivity index (χ1v) is 8.79. The first-order chi connectivity index (χ1) is 12.0. The van der Waals surface area contributed by atoms with E-state index in [9.17, 15) is 9.90 Å². The van der Waals surface area contributed by atoms with Crippen molar-refractivity contribution in [2.45, 2.75) is 45.3 Å². The highest BCUT2D eigenvalue weighted by molar-refractivity contribution is 5.69. The normalized spacial score (nSPS) is 12.2. The van der Waals surface area contributed by atoms with Gasteiger partial charge < -0.3 is 24.6 Å². The number of carbonyl (C=O) groups is 1. The summed E-state index contributed by atoms with van der Waals surface area (Å²) >= 11 is 0. The van der Waals surface area contributed by atoms with E-state index in [-0.39, 0.29) is 12.6 Å². The Hall–Kier alpha value is -1.63. The number of nitrogens with one attached hydrogen (secondary N) is 1. The van der Waals surface area contributed by atoms with Crippen LogP contribution in [0.4, 0.5) is 0 Å². The fourth-order valence-corrected chi connectivity index (χ4v) is 2.12. The number of carbonyl (C=O) groups excluding carboxylic acids is 1. The van der Waals surface area contributed by atoms with Crippen molar-refractivity contribution in [3.05, 3.63) is 29.8 Å². The van der Waals surface area contributed by atoms with Gasteiger partial charge in [0.05, 0.1) is 6.61 Å². The van der Waals surface area contributed by atoms with Crippen LogP contribution < -0.4 is 10.1 Å².